The van der Waals surface area contributed by atoms with E-state index in [1.807, 2.05) is 12.4 Å². The van der Waals surface area contributed by atoms with E-state index in [1.165, 1.54) is 30.5 Å². The van der Waals surface area contributed by atoms with Crippen molar-refractivity contribution >= 4 is 11.3 Å². The van der Waals surface area contributed by atoms with Gasteiger partial charge in [-0.15, -0.1) is 0 Å². The Balaban J connectivity index is 1.16. The second-order valence-electron chi connectivity index (χ2n) is 9.54. The van der Waals surface area contributed by atoms with Crippen molar-refractivity contribution in [3.8, 4) is 0 Å². The highest BCUT2D eigenvalue weighted by Crippen LogP contribution is 2.53. The predicted molar refractivity (Wildman–Crippen MR) is 118 cm³/mol. The summed E-state index contributed by atoms with van der Waals surface area (Å²) >= 11 is 0. The molecule has 3 aliphatic carbocycles. The number of hydrogen-bond acceptors (Lipinski definition) is 5. The summed E-state index contributed by atoms with van der Waals surface area (Å²) in [5.41, 5.74) is 5.06. The molecule has 6 heteroatoms. The van der Waals surface area contributed by atoms with E-state index in [0.29, 0.717) is 11.5 Å². The molecule has 6 nitrogen and oxygen atoms in total. The molecule has 0 radical (unpaired) electrons. The van der Waals surface area contributed by atoms with E-state index in [9.17, 15) is 4.79 Å². The van der Waals surface area contributed by atoms with Gasteiger partial charge in [-0.3, -0.25) is 14.7 Å². The van der Waals surface area contributed by atoms with Gasteiger partial charge in [0.05, 0.1) is 5.69 Å². The molecule has 6 rings (SSSR count). The first kappa shape index (κ1) is 18.3. The van der Waals surface area contributed by atoms with Gasteiger partial charge >= 0.3 is 0 Å². The van der Waals surface area contributed by atoms with Gasteiger partial charge in [0.1, 0.15) is 5.82 Å². The fraction of sp³-hybridized carbons (Fsp3) is 0.542. The van der Waals surface area contributed by atoms with Crippen molar-refractivity contribution in [1.29, 1.82) is 0 Å². The fourth-order valence-corrected chi connectivity index (χ4v) is 5.59. The number of hydrogen-bond donors (Lipinski definition) is 1. The molecule has 0 amide bonds. The molecule has 1 saturated carbocycles. The van der Waals surface area contributed by atoms with Crippen LogP contribution < -0.4 is 10.5 Å². The third-order valence-corrected chi connectivity index (χ3v) is 7.72. The van der Waals surface area contributed by atoms with Crippen molar-refractivity contribution in [3.05, 3.63) is 58.0 Å². The number of aromatic nitrogens is 3. The van der Waals surface area contributed by atoms with Gasteiger partial charge in [0.2, 0.25) is 0 Å². The van der Waals surface area contributed by atoms with Crippen LogP contribution in [0.2, 0.25) is 0 Å². The van der Waals surface area contributed by atoms with Crippen molar-refractivity contribution in [2.45, 2.75) is 51.0 Å². The molecule has 3 heterocycles. The number of piperazine rings is 1. The molecule has 2 aromatic rings. The van der Waals surface area contributed by atoms with Crippen LogP contribution in [0.1, 0.15) is 49.2 Å². The number of rotatable bonds is 3. The number of nitrogens with zero attached hydrogens (tertiary/aromatic N) is 4. The zero-order valence-electron chi connectivity index (χ0n) is 17.4. The summed E-state index contributed by atoms with van der Waals surface area (Å²) in [4.78, 5) is 30.0. The first-order valence-corrected chi connectivity index (χ1v) is 11.4. The molecule has 2 fully saturated rings. The molecule has 1 unspecified atom stereocenters. The normalized spacial score (nSPS) is 25.3. The van der Waals surface area contributed by atoms with Crippen molar-refractivity contribution in [3.63, 3.8) is 0 Å². The summed E-state index contributed by atoms with van der Waals surface area (Å²) in [5, 5.41) is 0. The molecule has 1 N–H and O–H groups in total. The van der Waals surface area contributed by atoms with Gasteiger partial charge in [-0.2, -0.15) is 0 Å². The Labute approximate surface area is 177 Å². The van der Waals surface area contributed by atoms with Gasteiger partial charge in [0.25, 0.3) is 5.56 Å². The lowest BCUT2D eigenvalue weighted by Gasteiger charge is -2.38. The molecule has 1 spiro atoms. The molecule has 4 aliphatic rings. The maximum Gasteiger partial charge on any atom is 0.254 e. The van der Waals surface area contributed by atoms with Crippen molar-refractivity contribution in [2.24, 2.45) is 5.41 Å². The van der Waals surface area contributed by atoms with E-state index < -0.39 is 0 Å². The number of aryl methyl sites for hydroxylation is 1. The third-order valence-electron chi connectivity index (χ3n) is 7.72. The SMILES string of the molecule is O=c1[nH]c(C2=CC(N3CCN(c4ccncc4)CC3)CC2)nc2c1CC1(CC2)CC1. The van der Waals surface area contributed by atoms with Gasteiger partial charge in [0, 0.05) is 55.9 Å². The molecule has 0 bridgehead atoms. The smallest absolute Gasteiger partial charge is 0.254 e. The summed E-state index contributed by atoms with van der Waals surface area (Å²) in [6.45, 7) is 4.21. The highest BCUT2D eigenvalue weighted by molar-refractivity contribution is 5.63. The Morgan fingerprint density at radius 2 is 1.83 bits per heavy atom. The van der Waals surface area contributed by atoms with Crippen LogP contribution in [-0.2, 0) is 12.8 Å². The van der Waals surface area contributed by atoms with Crippen LogP contribution in [-0.4, -0.2) is 52.1 Å². The summed E-state index contributed by atoms with van der Waals surface area (Å²) in [6, 6.07) is 4.63. The predicted octanol–water partition coefficient (Wildman–Crippen LogP) is 2.80. The zero-order chi connectivity index (χ0) is 20.1. The second kappa shape index (κ2) is 7.05. The maximum atomic E-state index is 12.8. The maximum absolute atomic E-state index is 12.8. The van der Waals surface area contributed by atoms with Crippen LogP contribution in [0.25, 0.3) is 5.57 Å². The van der Waals surface area contributed by atoms with Crippen LogP contribution in [0.3, 0.4) is 0 Å². The molecule has 1 aliphatic heterocycles. The molecule has 1 atom stereocenters. The van der Waals surface area contributed by atoms with Crippen molar-refractivity contribution in [1.82, 2.24) is 19.9 Å². The number of H-pyrrole nitrogens is 1. The Morgan fingerprint density at radius 1 is 1.03 bits per heavy atom. The second-order valence-corrected chi connectivity index (χ2v) is 9.54. The number of aromatic amines is 1. The van der Waals surface area contributed by atoms with Crippen molar-refractivity contribution < 1.29 is 0 Å². The average molecular weight is 404 g/mol. The molecular formula is C24H29N5O. The first-order valence-electron chi connectivity index (χ1n) is 11.4. The van der Waals surface area contributed by atoms with E-state index in [-0.39, 0.29) is 5.56 Å². The lowest BCUT2D eigenvalue weighted by atomic mass is 9.84. The number of fused-ring (bicyclic) bond motifs is 1. The molecular weight excluding hydrogens is 374 g/mol. The van der Waals surface area contributed by atoms with E-state index in [2.05, 4.69) is 38.0 Å². The first-order chi connectivity index (χ1) is 14.7. The van der Waals surface area contributed by atoms with E-state index >= 15 is 0 Å². The van der Waals surface area contributed by atoms with Crippen LogP contribution >= 0.6 is 0 Å². The lowest BCUT2D eigenvalue weighted by Crippen LogP contribution is -2.49. The minimum Gasteiger partial charge on any atom is -0.369 e. The molecule has 156 valence electrons. The quantitative estimate of drug-likeness (QED) is 0.854. The molecule has 0 aromatic carbocycles. The highest BCUT2D eigenvalue weighted by Gasteiger charge is 2.45. The van der Waals surface area contributed by atoms with Gasteiger partial charge in [-0.25, -0.2) is 4.98 Å². The fourth-order valence-electron chi connectivity index (χ4n) is 5.59. The lowest BCUT2D eigenvalue weighted by molar-refractivity contribution is 0.214. The summed E-state index contributed by atoms with van der Waals surface area (Å²) in [7, 11) is 0. The zero-order valence-corrected chi connectivity index (χ0v) is 17.4. The van der Waals surface area contributed by atoms with Gasteiger partial charge in [-0.1, -0.05) is 6.08 Å². The Morgan fingerprint density at radius 3 is 2.60 bits per heavy atom. The van der Waals surface area contributed by atoms with Gasteiger partial charge in [-0.05, 0) is 68.1 Å². The minimum atomic E-state index is 0.108. The summed E-state index contributed by atoms with van der Waals surface area (Å²) < 4.78 is 0. The standard InChI is InChI=1S/C24H29N5O/c30-23-20-16-24(7-8-24)6-3-21(20)26-22(27-23)17-1-2-19(15-17)29-13-11-28(12-14-29)18-4-9-25-10-5-18/h4-5,9-10,15,19H,1-3,6-8,11-14,16H2,(H,26,27,30). The van der Waals surface area contributed by atoms with E-state index in [4.69, 9.17) is 4.98 Å². The van der Waals surface area contributed by atoms with Crippen LogP contribution in [0, 0.1) is 5.41 Å². The van der Waals surface area contributed by atoms with Crippen LogP contribution in [0.4, 0.5) is 5.69 Å². The minimum absolute atomic E-state index is 0.108. The highest BCUT2D eigenvalue weighted by atomic mass is 16.1. The Hall–Kier alpha value is -2.47. The number of allylic oxidation sites excluding steroid dienone is 1. The largest absolute Gasteiger partial charge is 0.369 e. The molecule has 1 saturated heterocycles. The molecule has 30 heavy (non-hydrogen) atoms. The Kier molecular flexibility index (Phi) is 4.30. The molecule has 2 aromatic heterocycles. The third kappa shape index (κ3) is 3.27. The van der Waals surface area contributed by atoms with E-state index in [1.54, 1.807) is 0 Å². The monoisotopic (exact) mass is 403 g/mol. The average Bonchev–Trinajstić information content (AvgIpc) is 3.35. The summed E-state index contributed by atoms with van der Waals surface area (Å²) in [6.07, 6.45) is 13.9. The Bertz CT molecular complexity index is 1030. The number of anilines is 1. The van der Waals surface area contributed by atoms with Crippen LogP contribution in [0.5, 0.6) is 0 Å². The van der Waals surface area contributed by atoms with Crippen molar-refractivity contribution in [2.75, 3.05) is 31.1 Å². The van der Waals surface area contributed by atoms with Crippen LogP contribution in [0.15, 0.2) is 35.4 Å². The number of nitrogens with one attached hydrogen (secondary N) is 1. The van der Waals surface area contributed by atoms with Gasteiger partial charge in [0.15, 0.2) is 0 Å². The van der Waals surface area contributed by atoms with E-state index in [0.717, 1.165) is 68.9 Å². The topological polar surface area (TPSA) is 65.1 Å². The number of pyridine rings is 1. The summed E-state index contributed by atoms with van der Waals surface area (Å²) in [5.74, 6) is 0.823. The van der Waals surface area contributed by atoms with Gasteiger partial charge < -0.3 is 9.88 Å².